The molecule has 0 aromatic rings. The molecule has 0 bridgehead atoms. The summed E-state index contributed by atoms with van der Waals surface area (Å²) in [4.78, 5) is 2.61. The second-order valence-electron chi connectivity index (χ2n) is 5.65. The van der Waals surface area contributed by atoms with Crippen LogP contribution in [0.5, 0.6) is 0 Å². The van der Waals surface area contributed by atoms with Crippen LogP contribution in [0.2, 0.25) is 0 Å². The lowest BCUT2D eigenvalue weighted by atomic mass is 10.0. The SMILES string of the molecule is CCCNC(C)CC(C)N1CCCC(OCC)C1. The predicted octanol–water partition coefficient (Wildman–Crippen LogP) is 2.65. The molecule has 1 heterocycles. The van der Waals surface area contributed by atoms with Crippen LogP contribution in [0.3, 0.4) is 0 Å². The molecule has 1 aliphatic heterocycles. The quantitative estimate of drug-likeness (QED) is 0.722. The fourth-order valence-electron chi connectivity index (χ4n) is 2.87. The van der Waals surface area contributed by atoms with Gasteiger partial charge in [-0.15, -0.1) is 0 Å². The van der Waals surface area contributed by atoms with Gasteiger partial charge in [-0.2, -0.15) is 0 Å². The Morgan fingerprint density at radius 1 is 1.33 bits per heavy atom. The summed E-state index contributed by atoms with van der Waals surface area (Å²) >= 11 is 0. The summed E-state index contributed by atoms with van der Waals surface area (Å²) in [5.41, 5.74) is 0. The van der Waals surface area contributed by atoms with E-state index in [2.05, 4.69) is 37.9 Å². The third kappa shape index (κ3) is 5.68. The first kappa shape index (κ1) is 15.9. The van der Waals surface area contributed by atoms with E-state index in [9.17, 15) is 0 Å². The van der Waals surface area contributed by atoms with Gasteiger partial charge < -0.3 is 10.1 Å². The second kappa shape index (κ2) is 8.89. The van der Waals surface area contributed by atoms with E-state index < -0.39 is 0 Å². The van der Waals surface area contributed by atoms with Crippen molar-refractivity contribution in [3.8, 4) is 0 Å². The molecule has 0 aromatic carbocycles. The molecule has 0 radical (unpaired) electrons. The molecule has 18 heavy (non-hydrogen) atoms. The molecular weight excluding hydrogens is 224 g/mol. The Bertz CT molecular complexity index is 209. The molecule has 3 unspecified atom stereocenters. The third-order valence-corrected chi connectivity index (χ3v) is 3.87. The van der Waals surface area contributed by atoms with Crippen LogP contribution in [0, 0.1) is 0 Å². The topological polar surface area (TPSA) is 24.5 Å². The molecule has 0 spiro atoms. The van der Waals surface area contributed by atoms with Crippen molar-refractivity contribution in [1.82, 2.24) is 10.2 Å². The molecule has 0 aromatic heterocycles. The van der Waals surface area contributed by atoms with Gasteiger partial charge in [-0.1, -0.05) is 6.92 Å². The summed E-state index contributed by atoms with van der Waals surface area (Å²) in [5.74, 6) is 0. The summed E-state index contributed by atoms with van der Waals surface area (Å²) in [7, 11) is 0. The van der Waals surface area contributed by atoms with E-state index in [1.165, 1.54) is 32.2 Å². The molecule has 3 nitrogen and oxygen atoms in total. The highest BCUT2D eigenvalue weighted by molar-refractivity contribution is 4.79. The normalized spacial score (nSPS) is 25.0. The van der Waals surface area contributed by atoms with Crippen molar-refractivity contribution < 1.29 is 4.74 Å². The van der Waals surface area contributed by atoms with E-state index in [0.717, 1.165) is 19.7 Å². The molecular formula is C15H32N2O. The zero-order valence-electron chi connectivity index (χ0n) is 12.7. The van der Waals surface area contributed by atoms with Crippen molar-refractivity contribution in [2.45, 2.75) is 71.6 Å². The largest absolute Gasteiger partial charge is 0.377 e. The van der Waals surface area contributed by atoms with E-state index in [1.807, 2.05) is 0 Å². The van der Waals surface area contributed by atoms with Crippen LogP contribution < -0.4 is 5.32 Å². The molecule has 0 saturated carbocycles. The zero-order valence-corrected chi connectivity index (χ0v) is 12.7. The summed E-state index contributed by atoms with van der Waals surface area (Å²) in [6, 6.07) is 1.28. The number of nitrogens with one attached hydrogen (secondary N) is 1. The van der Waals surface area contributed by atoms with E-state index >= 15 is 0 Å². The molecule has 108 valence electrons. The van der Waals surface area contributed by atoms with Gasteiger partial charge in [-0.05, 0) is 59.5 Å². The molecule has 1 saturated heterocycles. The molecule has 3 atom stereocenters. The number of likely N-dealkylation sites (tertiary alicyclic amines) is 1. The standard InChI is InChI=1S/C15H32N2O/c1-5-9-16-13(3)11-14(4)17-10-7-8-15(12-17)18-6-2/h13-16H,5-12H2,1-4H3. The minimum atomic E-state index is 0.463. The number of nitrogens with zero attached hydrogens (tertiary/aromatic N) is 1. The lowest BCUT2D eigenvalue weighted by molar-refractivity contribution is -0.00698. The molecule has 1 rings (SSSR count). The monoisotopic (exact) mass is 256 g/mol. The maximum Gasteiger partial charge on any atom is 0.0702 e. The fourth-order valence-corrected chi connectivity index (χ4v) is 2.87. The number of hydrogen-bond donors (Lipinski definition) is 1. The van der Waals surface area contributed by atoms with Gasteiger partial charge in [0.25, 0.3) is 0 Å². The van der Waals surface area contributed by atoms with Crippen molar-refractivity contribution >= 4 is 0 Å². The average molecular weight is 256 g/mol. The van der Waals surface area contributed by atoms with Crippen molar-refractivity contribution in [2.75, 3.05) is 26.2 Å². The van der Waals surface area contributed by atoms with Crippen molar-refractivity contribution in [2.24, 2.45) is 0 Å². The Hall–Kier alpha value is -0.120. The Balaban J connectivity index is 2.29. The minimum absolute atomic E-state index is 0.463. The maximum absolute atomic E-state index is 5.78. The maximum atomic E-state index is 5.78. The average Bonchev–Trinajstić information content (AvgIpc) is 2.37. The van der Waals surface area contributed by atoms with Gasteiger partial charge in [0.05, 0.1) is 6.10 Å². The first-order valence-corrected chi connectivity index (χ1v) is 7.76. The lowest BCUT2D eigenvalue weighted by Crippen LogP contribution is -2.46. The summed E-state index contributed by atoms with van der Waals surface area (Å²) in [6.45, 7) is 13.3. The molecule has 1 aliphatic rings. The lowest BCUT2D eigenvalue weighted by Gasteiger charge is -2.37. The summed E-state index contributed by atoms with van der Waals surface area (Å²) in [5, 5.41) is 3.58. The van der Waals surface area contributed by atoms with Crippen molar-refractivity contribution in [3.05, 3.63) is 0 Å². The van der Waals surface area contributed by atoms with E-state index in [4.69, 9.17) is 4.74 Å². The molecule has 0 amide bonds. The Labute approximate surface area is 113 Å². The molecule has 1 fully saturated rings. The highest BCUT2D eigenvalue weighted by Gasteiger charge is 2.24. The van der Waals surface area contributed by atoms with Crippen molar-refractivity contribution in [1.29, 1.82) is 0 Å². The first-order chi connectivity index (χ1) is 8.67. The van der Waals surface area contributed by atoms with E-state index in [1.54, 1.807) is 0 Å². The van der Waals surface area contributed by atoms with E-state index in [0.29, 0.717) is 18.2 Å². The van der Waals surface area contributed by atoms with Gasteiger partial charge >= 0.3 is 0 Å². The summed E-state index contributed by atoms with van der Waals surface area (Å²) in [6.07, 6.45) is 5.44. The van der Waals surface area contributed by atoms with Crippen LogP contribution in [0.15, 0.2) is 0 Å². The van der Waals surface area contributed by atoms with Gasteiger partial charge in [-0.3, -0.25) is 4.90 Å². The van der Waals surface area contributed by atoms with Crippen molar-refractivity contribution in [3.63, 3.8) is 0 Å². The third-order valence-electron chi connectivity index (χ3n) is 3.87. The molecule has 0 aliphatic carbocycles. The zero-order chi connectivity index (χ0) is 13.4. The van der Waals surface area contributed by atoms with Crippen LogP contribution in [-0.4, -0.2) is 49.3 Å². The Kier molecular flexibility index (Phi) is 7.87. The fraction of sp³-hybridized carbons (Fsp3) is 1.00. The Morgan fingerprint density at radius 2 is 2.11 bits per heavy atom. The Morgan fingerprint density at radius 3 is 2.78 bits per heavy atom. The van der Waals surface area contributed by atoms with Crippen LogP contribution >= 0.6 is 0 Å². The highest BCUT2D eigenvalue weighted by atomic mass is 16.5. The number of rotatable bonds is 8. The van der Waals surface area contributed by atoms with Crippen LogP contribution in [0.25, 0.3) is 0 Å². The number of ether oxygens (including phenoxy) is 1. The van der Waals surface area contributed by atoms with Gasteiger partial charge in [0.15, 0.2) is 0 Å². The first-order valence-electron chi connectivity index (χ1n) is 7.76. The van der Waals surface area contributed by atoms with Crippen LogP contribution in [0.1, 0.15) is 53.4 Å². The minimum Gasteiger partial charge on any atom is -0.377 e. The van der Waals surface area contributed by atoms with Gasteiger partial charge in [0.2, 0.25) is 0 Å². The van der Waals surface area contributed by atoms with Crippen LogP contribution in [-0.2, 0) is 4.74 Å². The second-order valence-corrected chi connectivity index (χ2v) is 5.65. The van der Waals surface area contributed by atoms with E-state index in [-0.39, 0.29) is 0 Å². The smallest absolute Gasteiger partial charge is 0.0702 e. The number of hydrogen-bond acceptors (Lipinski definition) is 3. The molecule has 1 N–H and O–H groups in total. The number of piperidine rings is 1. The highest BCUT2D eigenvalue weighted by Crippen LogP contribution is 2.17. The predicted molar refractivity (Wildman–Crippen MR) is 78.1 cm³/mol. The van der Waals surface area contributed by atoms with Gasteiger partial charge in [-0.25, -0.2) is 0 Å². The summed E-state index contributed by atoms with van der Waals surface area (Å²) < 4.78 is 5.78. The van der Waals surface area contributed by atoms with Crippen LogP contribution in [0.4, 0.5) is 0 Å². The molecule has 3 heteroatoms. The van der Waals surface area contributed by atoms with Gasteiger partial charge in [0.1, 0.15) is 0 Å². The van der Waals surface area contributed by atoms with Gasteiger partial charge in [0, 0.05) is 25.2 Å².